The second kappa shape index (κ2) is 3.47. The number of benzene rings is 2. The fraction of sp³-hybridized carbons (Fsp3) is 0.333. The van der Waals surface area contributed by atoms with Gasteiger partial charge in [0, 0.05) is 24.2 Å². The molecule has 1 atom stereocenters. The third-order valence-corrected chi connectivity index (χ3v) is 4.06. The minimum absolute atomic E-state index is 0.563. The average Bonchev–Trinajstić information content (AvgIpc) is 2.83. The third-order valence-electron chi connectivity index (χ3n) is 4.06. The maximum atomic E-state index is 3.73. The van der Waals surface area contributed by atoms with E-state index in [2.05, 4.69) is 46.6 Å². The van der Waals surface area contributed by atoms with Crippen molar-refractivity contribution in [3.8, 4) is 0 Å². The molecule has 2 heterocycles. The molecule has 0 amide bonds. The van der Waals surface area contributed by atoms with Crippen LogP contribution in [0.5, 0.6) is 0 Å². The van der Waals surface area contributed by atoms with E-state index in [1.807, 2.05) is 0 Å². The first-order valence-corrected chi connectivity index (χ1v) is 6.43. The van der Waals surface area contributed by atoms with E-state index in [1.54, 1.807) is 0 Å². The van der Waals surface area contributed by atoms with Gasteiger partial charge in [0.05, 0.1) is 6.17 Å². The predicted octanol–water partition coefficient (Wildman–Crippen LogP) is 3.19. The smallest absolute Gasteiger partial charge is 0.0796 e. The molecule has 2 heteroatoms. The molecule has 86 valence electrons. The Morgan fingerprint density at radius 1 is 1.12 bits per heavy atom. The number of hydrogen-bond acceptors (Lipinski definition) is 2. The molecule has 0 saturated carbocycles. The van der Waals surface area contributed by atoms with Gasteiger partial charge in [0.15, 0.2) is 0 Å². The van der Waals surface area contributed by atoms with E-state index in [0.717, 1.165) is 6.54 Å². The highest BCUT2D eigenvalue weighted by molar-refractivity contribution is 5.95. The average molecular weight is 224 g/mol. The Bertz CT molecular complexity index is 576. The number of fused-ring (bicyclic) bond motifs is 4. The molecule has 0 radical (unpaired) electrons. The van der Waals surface area contributed by atoms with Gasteiger partial charge in [-0.25, -0.2) is 0 Å². The summed E-state index contributed by atoms with van der Waals surface area (Å²) in [4.78, 5) is 2.55. The zero-order chi connectivity index (χ0) is 11.2. The minimum atomic E-state index is 0.563. The van der Waals surface area contributed by atoms with E-state index in [0.29, 0.717) is 6.17 Å². The summed E-state index contributed by atoms with van der Waals surface area (Å²) in [5, 5.41) is 6.44. The number of rotatable bonds is 0. The number of anilines is 1. The molecule has 0 spiro atoms. The van der Waals surface area contributed by atoms with Gasteiger partial charge in [0.25, 0.3) is 0 Å². The molecule has 0 bridgehead atoms. The van der Waals surface area contributed by atoms with Crippen LogP contribution in [0, 0.1) is 0 Å². The summed E-state index contributed by atoms with van der Waals surface area (Å²) in [5.41, 5.74) is 2.81. The third kappa shape index (κ3) is 1.37. The lowest BCUT2D eigenvalue weighted by molar-refractivity contribution is 0.257. The van der Waals surface area contributed by atoms with Gasteiger partial charge in [0.2, 0.25) is 0 Å². The van der Waals surface area contributed by atoms with Crippen molar-refractivity contribution in [1.82, 2.24) is 4.90 Å². The first-order chi connectivity index (χ1) is 8.42. The van der Waals surface area contributed by atoms with Gasteiger partial charge in [-0.05, 0) is 23.8 Å². The zero-order valence-electron chi connectivity index (χ0n) is 9.82. The van der Waals surface area contributed by atoms with Crippen molar-refractivity contribution in [2.24, 2.45) is 0 Å². The molecular weight excluding hydrogens is 208 g/mol. The largest absolute Gasteiger partial charge is 0.369 e. The fourth-order valence-corrected chi connectivity index (χ4v) is 3.18. The highest BCUT2D eigenvalue weighted by atomic mass is 15.3. The molecule has 4 rings (SSSR count). The van der Waals surface area contributed by atoms with Crippen LogP contribution in [-0.2, 0) is 6.54 Å². The van der Waals surface area contributed by atoms with Crippen LogP contribution in [0.1, 0.15) is 18.4 Å². The van der Waals surface area contributed by atoms with Crippen LogP contribution in [0.3, 0.4) is 0 Å². The first-order valence-electron chi connectivity index (χ1n) is 6.43. The molecular formula is C15H16N2. The zero-order valence-corrected chi connectivity index (χ0v) is 9.82. The van der Waals surface area contributed by atoms with Crippen LogP contribution in [0.4, 0.5) is 5.69 Å². The number of hydrogen-bond donors (Lipinski definition) is 1. The van der Waals surface area contributed by atoms with Gasteiger partial charge in [-0.15, -0.1) is 0 Å². The Kier molecular flexibility index (Phi) is 1.94. The van der Waals surface area contributed by atoms with Crippen LogP contribution < -0.4 is 5.32 Å². The number of nitrogens with one attached hydrogen (secondary N) is 1. The lowest BCUT2D eigenvalue weighted by Gasteiger charge is -2.33. The van der Waals surface area contributed by atoms with E-state index < -0.39 is 0 Å². The molecule has 2 aromatic carbocycles. The topological polar surface area (TPSA) is 15.3 Å². The van der Waals surface area contributed by atoms with Crippen LogP contribution in [0.2, 0.25) is 0 Å². The first kappa shape index (κ1) is 9.49. The molecule has 17 heavy (non-hydrogen) atoms. The normalized spacial score (nSPS) is 23.2. The molecule has 2 aliphatic heterocycles. The van der Waals surface area contributed by atoms with Crippen molar-refractivity contribution in [3.63, 3.8) is 0 Å². The van der Waals surface area contributed by atoms with Crippen molar-refractivity contribution in [1.29, 1.82) is 0 Å². The lowest BCUT2D eigenvalue weighted by atomic mass is 10.0. The van der Waals surface area contributed by atoms with Gasteiger partial charge in [-0.3, -0.25) is 4.90 Å². The Balaban J connectivity index is 1.91. The molecule has 2 nitrogen and oxygen atoms in total. The quantitative estimate of drug-likeness (QED) is 0.739. The summed E-state index contributed by atoms with van der Waals surface area (Å²) in [5.74, 6) is 0. The summed E-state index contributed by atoms with van der Waals surface area (Å²) in [6, 6.07) is 13.2. The van der Waals surface area contributed by atoms with Gasteiger partial charge >= 0.3 is 0 Å². The molecule has 1 fully saturated rings. The minimum Gasteiger partial charge on any atom is -0.369 e. The van der Waals surface area contributed by atoms with Gasteiger partial charge < -0.3 is 5.32 Å². The van der Waals surface area contributed by atoms with Crippen molar-refractivity contribution < 1.29 is 0 Å². The van der Waals surface area contributed by atoms with E-state index in [4.69, 9.17) is 0 Å². The monoisotopic (exact) mass is 224 g/mol. The SMILES string of the molecule is c1ccc2c3c(ccc2c1)CN1CCCC1N3. The van der Waals surface area contributed by atoms with Crippen molar-refractivity contribution in [2.75, 3.05) is 11.9 Å². The summed E-state index contributed by atoms with van der Waals surface area (Å²) < 4.78 is 0. The van der Waals surface area contributed by atoms with Crippen molar-refractivity contribution >= 4 is 16.5 Å². The molecule has 2 aliphatic rings. The predicted molar refractivity (Wildman–Crippen MR) is 71.0 cm³/mol. The standard InChI is InChI=1S/C15H16N2/c1-2-5-13-11(4-1)7-8-12-10-17-9-3-6-14(17)16-15(12)13/h1-2,4-5,7-8,14,16H,3,6,9-10H2. The fourth-order valence-electron chi connectivity index (χ4n) is 3.18. The summed E-state index contributed by atoms with van der Waals surface area (Å²) in [6.07, 6.45) is 3.17. The van der Waals surface area contributed by atoms with E-state index >= 15 is 0 Å². The van der Waals surface area contributed by atoms with E-state index in [9.17, 15) is 0 Å². The van der Waals surface area contributed by atoms with E-state index in [-0.39, 0.29) is 0 Å². The highest BCUT2D eigenvalue weighted by Gasteiger charge is 2.29. The molecule has 1 unspecified atom stereocenters. The van der Waals surface area contributed by atoms with Crippen molar-refractivity contribution in [3.05, 3.63) is 42.0 Å². The molecule has 1 N–H and O–H groups in total. The Morgan fingerprint density at radius 3 is 3.06 bits per heavy atom. The van der Waals surface area contributed by atoms with Crippen LogP contribution in [-0.4, -0.2) is 17.6 Å². The Labute approximate surface area is 101 Å². The summed E-state index contributed by atoms with van der Waals surface area (Å²) in [7, 11) is 0. The summed E-state index contributed by atoms with van der Waals surface area (Å²) >= 11 is 0. The Morgan fingerprint density at radius 2 is 2.06 bits per heavy atom. The summed E-state index contributed by atoms with van der Waals surface area (Å²) in [6.45, 7) is 2.35. The van der Waals surface area contributed by atoms with Crippen LogP contribution in [0.15, 0.2) is 36.4 Å². The van der Waals surface area contributed by atoms with Crippen LogP contribution in [0.25, 0.3) is 10.8 Å². The molecule has 2 aromatic rings. The van der Waals surface area contributed by atoms with Crippen molar-refractivity contribution in [2.45, 2.75) is 25.6 Å². The molecule has 0 aliphatic carbocycles. The maximum absolute atomic E-state index is 3.73. The van der Waals surface area contributed by atoms with Gasteiger partial charge in [-0.1, -0.05) is 36.4 Å². The van der Waals surface area contributed by atoms with Crippen LogP contribution >= 0.6 is 0 Å². The Hall–Kier alpha value is -1.54. The second-order valence-electron chi connectivity index (χ2n) is 5.09. The van der Waals surface area contributed by atoms with Gasteiger partial charge in [-0.2, -0.15) is 0 Å². The lowest BCUT2D eigenvalue weighted by Crippen LogP contribution is -2.39. The van der Waals surface area contributed by atoms with Gasteiger partial charge in [0.1, 0.15) is 0 Å². The number of nitrogens with zero attached hydrogens (tertiary/aromatic N) is 1. The molecule has 1 saturated heterocycles. The highest BCUT2D eigenvalue weighted by Crippen LogP contribution is 2.35. The second-order valence-corrected chi connectivity index (χ2v) is 5.09. The molecule has 0 aromatic heterocycles. The maximum Gasteiger partial charge on any atom is 0.0796 e. The van der Waals surface area contributed by atoms with E-state index in [1.165, 1.54) is 41.4 Å².